The van der Waals surface area contributed by atoms with Gasteiger partial charge >= 0.3 is 5.97 Å². The average molecular weight is 495 g/mol. The maximum Gasteiger partial charge on any atom is 0.338 e. The summed E-state index contributed by atoms with van der Waals surface area (Å²) < 4.78 is 23.6. The average Bonchev–Trinajstić information content (AvgIpc) is 3.17. The van der Waals surface area contributed by atoms with Gasteiger partial charge in [-0.1, -0.05) is 41.7 Å². The highest BCUT2D eigenvalue weighted by atomic mass is 32.1. The Balaban J connectivity index is 1.96. The van der Waals surface area contributed by atoms with Gasteiger partial charge < -0.3 is 18.9 Å². The molecule has 3 aromatic rings. The van der Waals surface area contributed by atoms with E-state index in [1.807, 2.05) is 30.3 Å². The zero-order chi connectivity index (χ0) is 25.1. The number of carbonyl (C=O) groups is 1. The van der Waals surface area contributed by atoms with Gasteiger partial charge in [-0.05, 0) is 31.6 Å². The van der Waals surface area contributed by atoms with E-state index in [4.69, 9.17) is 18.9 Å². The van der Waals surface area contributed by atoms with E-state index in [0.717, 1.165) is 5.56 Å². The van der Waals surface area contributed by atoms with Gasteiger partial charge in [-0.15, -0.1) is 0 Å². The molecule has 8 nitrogen and oxygen atoms in total. The van der Waals surface area contributed by atoms with Crippen molar-refractivity contribution in [3.05, 3.63) is 84.5 Å². The molecule has 1 aliphatic rings. The number of allylic oxidation sites excluding steroid dienone is 1. The molecule has 0 saturated heterocycles. The molecule has 1 atom stereocenters. The highest BCUT2D eigenvalue weighted by Crippen LogP contribution is 2.35. The molecule has 0 amide bonds. The maximum atomic E-state index is 13.7. The van der Waals surface area contributed by atoms with Crippen molar-refractivity contribution in [3.63, 3.8) is 0 Å². The fourth-order valence-electron chi connectivity index (χ4n) is 4.05. The van der Waals surface area contributed by atoms with E-state index in [1.165, 1.54) is 11.3 Å². The summed E-state index contributed by atoms with van der Waals surface area (Å²) in [6.45, 7) is 3.73. The predicted molar refractivity (Wildman–Crippen MR) is 133 cm³/mol. The second-order valence-corrected chi connectivity index (χ2v) is 8.67. The van der Waals surface area contributed by atoms with Crippen LogP contribution in [0.15, 0.2) is 63.5 Å². The minimum absolute atomic E-state index is 0.223. The lowest BCUT2D eigenvalue weighted by atomic mass is 9.96. The van der Waals surface area contributed by atoms with Crippen molar-refractivity contribution >= 4 is 23.4 Å². The lowest BCUT2D eigenvalue weighted by molar-refractivity contribution is -0.139. The van der Waals surface area contributed by atoms with E-state index in [0.29, 0.717) is 43.4 Å². The van der Waals surface area contributed by atoms with Crippen LogP contribution < -0.4 is 29.1 Å². The second-order valence-electron chi connectivity index (χ2n) is 7.66. The van der Waals surface area contributed by atoms with Gasteiger partial charge in [0.05, 0.1) is 49.8 Å². The molecule has 4 rings (SSSR count). The topological polar surface area (TPSA) is 88.4 Å². The predicted octanol–water partition coefficient (Wildman–Crippen LogP) is 2.82. The number of fused-ring (bicyclic) bond motifs is 1. The van der Waals surface area contributed by atoms with Crippen LogP contribution in [0.3, 0.4) is 0 Å². The molecule has 0 N–H and O–H groups in total. The lowest BCUT2D eigenvalue weighted by Crippen LogP contribution is -2.39. The molecule has 1 unspecified atom stereocenters. The number of hydrogen-bond donors (Lipinski definition) is 0. The van der Waals surface area contributed by atoms with E-state index in [-0.39, 0.29) is 12.2 Å². The Morgan fingerprint density at radius 1 is 1.06 bits per heavy atom. The summed E-state index contributed by atoms with van der Waals surface area (Å²) in [7, 11) is 4.63. The van der Waals surface area contributed by atoms with Crippen LogP contribution in [-0.4, -0.2) is 38.5 Å². The zero-order valence-corrected chi connectivity index (χ0v) is 21.0. The summed E-state index contributed by atoms with van der Waals surface area (Å²) in [4.78, 5) is 31.7. The Hall–Kier alpha value is -3.85. The van der Waals surface area contributed by atoms with Gasteiger partial charge in [-0.3, -0.25) is 9.36 Å². The Morgan fingerprint density at radius 3 is 2.34 bits per heavy atom. The highest BCUT2D eigenvalue weighted by molar-refractivity contribution is 7.07. The van der Waals surface area contributed by atoms with Gasteiger partial charge in [-0.2, -0.15) is 0 Å². The van der Waals surface area contributed by atoms with Gasteiger partial charge in [0, 0.05) is 11.6 Å². The van der Waals surface area contributed by atoms with Crippen LogP contribution in [0, 0.1) is 0 Å². The van der Waals surface area contributed by atoms with E-state index in [2.05, 4.69) is 4.99 Å². The Kier molecular flexibility index (Phi) is 7.07. The lowest BCUT2D eigenvalue weighted by Gasteiger charge is -2.24. The first-order valence-electron chi connectivity index (χ1n) is 11.0. The van der Waals surface area contributed by atoms with E-state index in [1.54, 1.807) is 58.0 Å². The normalized spacial score (nSPS) is 15.3. The first-order chi connectivity index (χ1) is 16.9. The third-order valence-electron chi connectivity index (χ3n) is 5.65. The van der Waals surface area contributed by atoms with Crippen LogP contribution in [0.5, 0.6) is 17.2 Å². The van der Waals surface area contributed by atoms with Crippen LogP contribution in [0.1, 0.15) is 31.0 Å². The Morgan fingerprint density at radius 2 is 1.71 bits per heavy atom. The molecule has 0 fully saturated rings. The molecule has 182 valence electrons. The number of rotatable bonds is 7. The number of thiazole rings is 1. The summed E-state index contributed by atoms with van der Waals surface area (Å²) in [6, 6.07) is 12.2. The molecule has 1 aromatic heterocycles. The first-order valence-corrected chi connectivity index (χ1v) is 11.8. The summed E-state index contributed by atoms with van der Waals surface area (Å²) in [5.41, 5.74) is 2.04. The zero-order valence-electron chi connectivity index (χ0n) is 20.2. The molecule has 0 aliphatic carbocycles. The maximum absolute atomic E-state index is 13.7. The summed E-state index contributed by atoms with van der Waals surface area (Å²) in [6.07, 6.45) is 1.73. The smallest absolute Gasteiger partial charge is 0.338 e. The van der Waals surface area contributed by atoms with Gasteiger partial charge in [0.15, 0.2) is 16.3 Å². The molecule has 35 heavy (non-hydrogen) atoms. The fourth-order valence-corrected chi connectivity index (χ4v) is 5.09. The van der Waals surface area contributed by atoms with Crippen molar-refractivity contribution in [3.8, 4) is 17.2 Å². The van der Waals surface area contributed by atoms with Crippen molar-refractivity contribution < 1.29 is 23.7 Å². The first kappa shape index (κ1) is 24.3. The minimum atomic E-state index is -0.652. The van der Waals surface area contributed by atoms with Gasteiger partial charge in [0.25, 0.3) is 5.56 Å². The summed E-state index contributed by atoms with van der Waals surface area (Å²) >= 11 is 1.24. The number of esters is 1. The van der Waals surface area contributed by atoms with Gasteiger partial charge in [0.1, 0.15) is 5.75 Å². The van der Waals surface area contributed by atoms with Crippen molar-refractivity contribution in [1.82, 2.24) is 4.57 Å². The number of hydrogen-bond acceptors (Lipinski definition) is 8. The van der Waals surface area contributed by atoms with E-state index in [9.17, 15) is 9.59 Å². The highest BCUT2D eigenvalue weighted by Gasteiger charge is 2.33. The third-order valence-corrected chi connectivity index (χ3v) is 6.64. The second kappa shape index (κ2) is 10.2. The molecule has 0 saturated carbocycles. The fraction of sp³-hybridized carbons (Fsp3) is 0.269. The van der Waals surface area contributed by atoms with Crippen LogP contribution >= 0.6 is 11.3 Å². The van der Waals surface area contributed by atoms with Crippen molar-refractivity contribution in [2.75, 3.05) is 27.9 Å². The van der Waals surface area contributed by atoms with E-state index < -0.39 is 12.0 Å². The molecule has 2 aromatic carbocycles. The quantitative estimate of drug-likeness (QED) is 0.470. The summed E-state index contributed by atoms with van der Waals surface area (Å²) in [5.74, 6) is 1.06. The number of aromatic nitrogens is 1. The molecule has 9 heteroatoms. The Labute approximate surface area is 206 Å². The van der Waals surface area contributed by atoms with E-state index >= 15 is 0 Å². The van der Waals surface area contributed by atoms with Crippen LogP contribution in [0.4, 0.5) is 0 Å². The van der Waals surface area contributed by atoms with Crippen LogP contribution in [0.25, 0.3) is 6.08 Å². The monoisotopic (exact) mass is 494 g/mol. The van der Waals surface area contributed by atoms with Crippen LogP contribution in [0.2, 0.25) is 0 Å². The van der Waals surface area contributed by atoms with Crippen LogP contribution in [-0.2, 0) is 9.53 Å². The molecule has 1 aliphatic heterocycles. The van der Waals surface area contributed by atoms with Gasteiger partial charge in [-0.25, -0.2) is 9.79 Å². The van der Waals surface area contributed by atoms with Crippen molar-refractivity contribution in [1.29, 1.82) is 0 Å². The third kappa shape index (κ3) is 4.46. The number of methoxy groups -OCH3 is 3. The molecule has 0 radical (unpaired) electrons. The standard InChI is InChI=1S/C26H26N2O6S/c1-6-34-25(30)22-15(2)27-26-28(23(22)16-10-8-7-9-11-16)24(29)21(35-26)13-17-12-19(32-4)20(33-5)14-18(17)31-3/h7-14,23H,6H2,1-5H3/b21-13-. The SMILES string of the molecule is CCOC(=O)C1=C(C)N=c2s/c(=C\c3cc(OC)c(OC)cc3OC)c(=O)n2C1c1ccccc1. The number of carbonyl (C=O) groups excluding carboxylic acids is 1. The molecule has 0 spiro atoms. The van der Waals surface area contributed by atoms with Gasteiger partial charge in [0.2, 0.25) is 0 Å². The molecule has 2 heterocycles. The number of nitrogens with zero attached hydrogens (tertiary/aromatic N) is 2. The number of ether oxygens (including phenoxy) is 4. The minimum Gasteiger partial charge on any atom is -0.496 e. The molecule has 0 bridgehead atoms. The largest absolute Gasteiger partial charge is 0.496 e. The molecular weight excluding hydrogens is 468 g/mol. The Bertz CT molecular complexity index is 1470. The summed E-state index contributed by atoms with van der Waals surface area (Å²) in [5, 5.41) is 0. The van der Waals surface area contributed by atoms with Crippen molar-refractivity contribution in [2.24, 2.45) is 4.99 Å². The van der Waals surface area contributed by atoms with Crippen molar-refractivity contribution in [2.45, 2.75) is 19.9 Å². The molecular formula is C26H26N2O6S. The number of benzene rings is 2.